The number of nitrogens with zero attached hydrogens (tertiary/aromatic N) is 3. The van der Waals surface area contributed by atoms with Gasteiger partial charge in [0.15, 0.2) is 17.3 Å². The Kier molecular flexibility index (Phi) is 5.52. The van der Waals surface area contributed by atoms with E-state index in [1.165, 1.54) is 0 Å². The first-order chi connectivity index (χ1) is 14.7. The summed E-state index contributed by atoms with van der Waals surface area (Å²) in [6.07, 6.45) is 5.36. The summed E-state index contributed by atoms with van der Waals surface area (Å²) >= 11 is 0. The van der Waals surface area contributed by atoms with Crippen LogP contribution in [0.4, 0.5) is 0 Å². The average molecular weight is 402 g/mol. The molecule has 0 bridgehead atoms. The van der Waals surface area contributed by atoms with Gasteiger partial charge >= 0.3 is 0 Å². The lowest BCUT2D eigenvalue weighted by Gasteiger charge is -2.14. The average Bonchev–Trinajstić information content (AvgIpc) is 3.47. The second kappa shape index (κ2) is 8.57. The van der Waals surface area contributed by atoms with Gasteiger partial charge in [0.2, 0.25) is 0 Å². The number of carbonyl (C=O) groups is 1. The van der Waals surface area contributed by atoms with E-state index in [-0.39, 0.29) is 5.91 Å². The van der Waals surface area contributed by atoms with Crippen LogP contribution >= 0.6 is 0 Å². The highest BCUT2D eigenvalue weighted by atomic mass is 16.5. The van der Waals surface area contributed by atoms with Crippen LogP contribution in [-0.4, -0.2) is 34.5 Å². The molecule has 7 heteroatoms. The molecule has 0 radical (unpaired) electrons. The van der Waals surface area contributed by atoms with Crippen LogP contribution in [0, 0.1) is 0 Å². The predicted molar refractivity (Wildman–Crippen MR) is 114 cm³/mol. The molecule has 1 amide bonds. The fraction of sp³-hybridized carbons (Fsp3) is 0.130. The second-order valence-corrected chi connectivity index (χ2v) is 6.55. The highest BCUT2D eigenvalue weighted by Gasteiger charge is 2.20. The lowest BCUT2D eigenvalue weighted by Crippen LogP contribution is -2.24. The molecule has 0 aliphatic heterocycles. The van der Waals surface area contributed by atoms with E-state index in [4.69, 9.17) is 9.47 Å². The number of nitrogens with one attached hydrogen (secondary N) is 1. The van der Waals surface area contributed by atoms with Gasteiger partial charge in [-0.15, -0.1) is 0 Å². The van der Waals surface area contributed by atoms with Crippen LogP contribution in [0.15, 0.2) is 79.3 Å². The molecule has 2 aromatic heterocycles. The van der Waals surface area contributed by atoms with Crippen molar-refractivity contribution in [1.29, 1.82) is 0 Å². The van der Waals surface area contributed by atoms with Crippen LogP contribution in [0.2, 0.25) is 0 Å². The topological polar surface area (TPSA) is 70.3 Å². The number of hydrogen-bond acceptors (Lipinski definition) is 4. The molecule has 4 aromatic rings. The number of amides is 1. The van der Waals surface area contributed by atoms with Crippen LogP contribution in [0.3, 0.4) is 0 Å². The fourth-order valence-corrected chi connectivity index (χ4v) is 3.35. The molecule has 30 heavy (non-hydrogen) atoms. The highest BCUT2D eigenvalue weighted by molar-refractivity contribution is 5.97. The van der Waals surface area contributed by atoms with E-state index in [0.717, 1.165) is 11.3 Å². The van der Waals surface area contributed by atoms with Crippen molar-refractivity contribution in [2.45, 2.75) is 6.54 Å². The van der Waals surface area contributed by atoms with Gasteiger partial charge in [0.1, 0.15) is 5.56 Å². The summed E-state index contributed by atoms with van der Waals surface area (Å²) in [6.45, 7) is 0.293. The van der Waals surface area contributed by atoms with Gasteiger partial charge in [-0.05, 0) is 30.3 Å². The number of carbonyl (C=O) groups excluding carboxylic acids is 1. The minimum atomic E-state index is -0.231. The number of aromatic nitrogens is 3. The Morgan fingerprint density at radius 1 is 0.967 bits per heavy atom. The minimum Gasteiger partial charge on any atom is -0.493 e. The van der Waals surface area contributed by atoms with Gasteiger partial charge in [0, 0.05) is 24.5 Å². The Morgan fingerprint density at radius 2 is 1.73 bits per heavy atom. The van der Waals surface area contributed by atoms with Crippen LogP contribution in [0.25, 0.3) is 11.5 Å². The lowest BCUT2D eigenvalue weighted by molar-refractivity contribution is 0.0950. The zero-order chi connectivity index (χ0) is 20.9. The maximum atomic E-state index is 13.1. The molecule has 0 saturated carbocycles. The number of rotatable bonds is 7. The Labute approximate surface area is 174 Å². The van der Waals surface area contributed by atoms with Crippen LogP contribution in [0.1, 0.15) is 15.9 Å². The lowest BCUT2D eigenvalue weighted by atomic mass is 10.1. The molecule has 152 valence electrons. The molecule has 0 fully saturated rings. The van der Waals surface area contributed by atoms with E-state index in [0.29, 0.717) is 29.4 Å². The van der Waals surface area contributed by atoms with Crippen molar-refractivity contribution in [2.24, 2.45) is 0 Å². The Bertz CT molecular complexity index is 1130. The largest absolute Gasteiger partial charge is 0.493 e. The summed E-state index contributed by atoms with van der Waals surface area (Å²) < 4.78 is 14.4. The standard InChI is InChI=1S/C23H22N4O3/c1-29-20-12-8-9-17(21(20)30-2)15-24-22(28)19-16-25-27(18-10-4-3-5-11-18)23(19)26-13-6-7-14-26/h3-14,16H,15H2,1-2H3,(H,24,28). The SMILES string of the molecule is COc1cccc(CNC(=O)c2cnn(-c3ccccc3)c2-n2cccc2)c1OC. The zero-order valence-corrected chi connectivity index (χ0v) is 16.8. The van der Waals surface area contributed by atoms with Gasteiger partial charge in [-0.2, -0.15) is 5.10 Å². The van der Waals surface area contributed by atoms with Gasteiger partial charge in [0.25, 0.3) is 5.91 Å². The molecule has 2 heterocycles. The molecule has 0 unspecified atom stereocenters. The smallest absolute Gasteiger partial charge is 0.256 e. The van der Waals surface area contributed by atoms with Crippen LogP contribution in [0.5, 0.6) is 11.5 Å². The number of hydrogen-bond donors (Lipinski definition) is 1. The van der Waals surface area contributed by atoms with Gasteiger partial charge < -0.3 is 19.4 Å². The summed E-state index contributed by atoms with van der Waals surface area (Å²) in [5.74, 6) is 1.66. The van der Waals surface area contributed by atoms with Gasteiger partial charge in [0.05, 0.1) is 26.1 Å². The normalized spacial score (nSPS) is 10.6. The molecule has 1 N–H and O–H groups in total. The fourth-order valence-electron chi connectivity index (χ4n) is 3.35. The van der Waals surface area contributed by atoms with Crippen molar-refractivity contribution in [3.8, 4) is 23.0 Å². The Balaban J connectivity index is 1.65. The molecular weight excluding hydrogens is 380 g/mol. The van der Waals surface area contributed by atoms with E-state index in [2.05, 4.69) is 10.4 Å². The Morgan fingerprint density at radius 3 is 2.43 bits per heavy atom. The Hall–Kier alpha value is -4.00. The number of ether oxygens (including phenoxy) is 2. The summed E-state index contributed by atoms with van der Waals surface area (Å²) in [6, 6.07) is 19.1. The van der Waals surface area contributed by atoms with Crippen LogP contribution in [-0.2, 0) is 6.54 Å². The summed E-state index contributed by atoms with van der Waals surface area (Å²) in [4.78, 5) is 13.1. The van der Waals surface area contributed by atoms with Crippen molar-refractivity contribution in [3.05, 3.63) is 90.4 Å². The third kappa shape index (κ3) is 3.65. The molecule has 2 aromatic carbocycles. The van der Waals surface area contributed by atoms with Crippen molar-refractivity contribution >= 4 is 5.91 Å². The van der Waals surface area contributed by atoms with Gasteiger partial charge in [-0.25, -0.2) is 4.68 Å². The monoisotopic (exact) mass is 402 g/mol. The molecule has 0 atom stereocenters. The third-order valence-electron chi connectivity index (χ3n) is 4.76. The van der Waals surface area contributed by atoms with E-state index >= 15 is 0 Å². The third-order valence-corrected chi connectivity index (χ3v) is 4.76. The quantitative estimate of drug-likeness (QED) is 0.513. The van der Waals surface area contributed by atoms with Crippen molar-refractivity contribution in [1.82, 2.24) is 19.7 Å². The second-order valence-electron chi connectivity index (χ2n) is 6.55. The van der Waals surface area contributed by atoms with Gasteiger partial charge in [-0.3, -0.25) is 4.79 Å². The summed E-state index contributed by atoms with van der Waals surface area (Å²) in [5, 5.41) is 7.44. The predicted octanol–water partition coefficient (Wildman–Crippen LogP) is 3.61. The first-order valence-corrected chi connectivity index (χ1v) is 9.47. The molecule has 0 spiro atoms. The maximum Gasteiger partial charge on any atom is 0.256 e. The number of benzene rings is 2. The number of methoxy groups -OCH3 is 2. The molecule has 0 aliphatic rings. The van der Waals surface area contributed by atoms with E-state index < -0.39 is 0 Å². The van der Waals surface area contributed by atoms with E-state index in [1.54, 1.807) is 25.1 Å². The van der Waals surface area contributed by atoms with Gasteiger partial charge in [-0.1, -0.05) is 30.3 Å². The van der Waals surface area contributed by atoms with E-state index in [9.17, 15) is 4.79 Å². The maximum absolute atomic E-state index is 13.1. The highest BCUT2D eigenvalue weighted by Crippen LogP contribution is 2.30. The molecular formula is C23H22N4O3. The first-order valence-electron chi connectivity index (χ1n) is 9.47. The molecule has 4 rings (SSSR count). The van der Waals surface area contributed by atoms with Crippen molar-refractivity contribution < 1.29 is 14.3 Å². The minimum absolute atomic E-state index is 0.231. The number of para-hydroxylation sites is 2. The molecule has 7 nitrogen and oxygen atoms in total. The van der Waals surface area contributed by atoms with Crippen LogP contribution < -0.4 is 14.8 Å². The zero-order valence-electron chi connectivity index (χ0n) is 16.8. The van der Waals surface area contributed by atoms with Crippen molar-refractivity contribution in [2.75, 3.05) is 14.2 Å². The molecule has 0 saturated heterocycles. The van der Waals surface area contributed by atoms with Crippen molar-refractivity contribution in [3.63, 3.8) is 0 Å². The molecule has 0 aliphatic carbocycles. The first kappa shape index (κ1) is 19.3. The summed E-state index contributed by atoms with van der Waals surface area (Å²) in [5.41, 5.74) is 2.16. The van der Waals surface area contributed by atoms with E-state index in [1.807, 2.05) is 77.6 Å². The summed E-state index contributed by atoms with van der Waals surface area (Å²) in [7, 11) is 3.17.